The van der Waals surface area contributed by atoms with E-state index in [-0.39, 0.29) is 17.6 Å². The number of aromatic nitrogens is 1. The van der Waals surface area contributed by atoms with E-state index in [0.29, 0.717) is 17.1 Å². The molecule has 1 saturated heterocycles. The monoisotopic (exact) mass is 474 g/mol. The number of thiophene rings is 1. The molecule has 2 aliphatic rings. The third kappa shape index (κ3) is 4.49. The summed E-state index contributed by atoms with van der Waals surface area (Å²) in [5, 5.41) is 17.0. The topological polar surface area (TPSA) is 107 Å². The highest BCUT2D eigenvalue weighted by Crippen LogP contribution is 2.38. The lowest BCUT2D eigenvalue weighted by atomic mass is 9.95. The molecule has 1 aliphatic carbocycles. The molecule has 3 heterocycles. The van der Waals surface area contributed by atoms with Gasteiger partial charge in [-0.25, -0.2) is 0 Å². The second kappa shape index (κ2) is 9.84. The molecule has 0 spiro atoms. The number of anilines is 1. The number of aromatic amines is 1. The van der Waals surface area contributed by atoms with Gasteiger partial charge in [-0.1, -0.05) is 18.2 Å². The van der Waals surface area contributed by atoms with Gasteiger partial charge in [0.05, 0.1) is 11.7 Å². The van der Waals surface area contributed by atoms with Gasteiger partial charge in [-0.3, -0.25) is 9.59 Å². The molecule has 7 nitrogen and oxygen atoms in total. The molecule has 1 atom stereocenters. The molecule has 1 aromatic carbocycles. The van der Waals surface area contributed by atoms with E-state index in [1.165, 1.54) is 11.3 Å². The number of carbonyl (C=O) groups is 2. The van der Waals surface area contributed by atoms with Crippen molar-refractivity contribution in [2.24, 2.45) is 0 Å². The summed E-state index contributed by atoms with van der Waals surface area (Å²) < 4.78 is 5.63. The number of benzene rings is 1. The van der Waals surface area contributed by atoms with Crippen molar-refractivity contribution in [3.8, 4) is 6.07 Å². The number of para-hydroxylation sites is 1. The van der Waals surface area contributed by atoms with E-state index in [9.17, 15) is 14.9 Å². The van der Waals surface area contributed by atoms with Gasteiger partial charge in [0.25, 0.3) is 11.8 Å². The lowest BCUT2D eigenvalue weighted by Crippen LogP contribution is -2.32. The Bertz CT molecular complexity index is 1310. The van der Waals surface area contributed by atoms with E-state index in [0.717, 1.165) is 72.0 Å². The van der Waals surface area contributed by atoms with Crippen LogP contribution in [0.25, 0.3) is 17.0 Å². The molecule has 0 radical (unpaired) electrons. The van der Waals surface area contributed by atoms with Crippen LogP contribution >= 0.6 is 11.3 Å². The first-order valence-corrected chi connectivity index (χ1v) is 12.5. The Balaban J connectivity index is 1.40. The number of H-pyrrole nitrogens is 1. The minimum atomic E-state index is -0.514. The predicted octanol–water partition coefficient (Wildman–Crippen LogP) is 4.56. The van der Waals surface area contributed by atoms with Crippen molar-refractivity contribution in [3.05, 3.63) is 57.6 Å². The standard InChI is InChI=1S/C26H26N4O3S/c27-13-16(12-17-14-28-21-9-3-1-7-19(17)21)24(31)30-26-23(20-8-2-4-10-22(20)34-26)25(32)29-15-18-6-5-11-33-18/h1,3,7,9,12,14,18,28H,2,4-6,8,10-11,15H2,(H,29,32)(H,30,31)/b16-12-. The minimum absolute atomic E-state index is 0.0122. The van der Waals surface area contributed by atoms with Gasteiger partial charge in [-0.05, 0) is 56.2 Å². The average molecular weight is 475 g/mol. The molecule has 5 rings (SSSR count). The zero-order valence-electron chi connectivity index (χ0n) is 18.8. The van der Waals surface area contributed by atoms with Gasteiger partial charge in [0.1, 0.15) is 16.6 Å². The highest BCUT2D eigenvalue weighted by molar-refractivity contribution is 7.17. The Kier molecular flexibility index (Phi) is 6.48. The maximum atomic E-state index is 13.2. The van der Waals surface area contributed by atoms with E-state index in [4.69, 9.17) is 4.74 Å². The first kappa shape index (κ1) is 22.4. The summed E-state index contributed by atoms with van der Waals surface area (Å²) in [4.78, 5) is 30.6. The highest BCUT2D eigenvalue weighted by Gasteiger charge is 2.28. The van der Waals surface area contributed by atoms with Crippen LogP contribution in [-0.4, -0.2) is 36.1 Å². The van der Waals surface area contributed by atoms with Gasteiger partial charge in [0.15, 0.2) is 0 Å². The van der Waals surface area contributed by atoms with E-state index in [1.807, 2.05) is 30.3 Å². The van der Waals surface area contributed by atoms with Crippen molar-refractivity contribution < 1.29 is 14.3 Å². The van der Waals surface area contributed by atoms with Crippen LogP contribution in [-0.2, 0) is 22.4 Å². The second-order valence-electron chi connectivity index (χ2n) is 8.67. The van der Waals surface area contributed by atoms with Crippen molar-refractivity contribution in [1.82, 2.24) is 10.3 Å². The molecule has 1 aliphatic heterocycles. The zero-order valence-corrected chi connectivity index (χ0v) is 19.6. The number of nitrogens with zero attached hydrogens (tertiary/aromatic N) is 1. The lowest BCUT2D eigenvalue weighted by molar-refractivity contribution is -0.112. The molecule has 2 amide bonds. The van der Waals surface area contributed by atoms with Crippen molar-refractivity contribution in [2.75, 3.05) is 18.5 Å². The molecule has 3 aromatic rings. The van der Waals surface area contributed by atoms with E-state index < -0.39 is 5.91 Å². The number of nitrogens with one attached hydrogen (secondary N) is 3. The molecule has 1 fully saturated rings. The lowest BCUT2D eigenvalue weighted by Gasteiger charge is -2.15. The number of amides is 2. The molecular weight excluding hydrogens is 448 g/mol. The SMILES string of the molecule is N#C/C(=C/c1c[nH]c2ccccc12)C(=O)Nc1sc2c(c1C(=O)NCC1CCCO1)CCCC2. The van der Waals surface area contributed by atoms with Crippen LogP contribution < -0.4 is 10.6 Å². The molecule has 3 N–H and O–H groups in total. The predicted molar refractivity (Wildman–Crippen MR) is 133 cm³/mol. The van der Waals surface area contributed by atoms with Crippen LogP contribution in [0.4, 0.5) is 5.00 Å². The average Bonchev–Trinajstić information content (AvgIpc) is 3.59. The van der Waals surface area contributed by atoms with Gasteiger partial charge in [-0.2, -0.15) is 5.26 Å². The summed E-state index contributed by atoms with van der Waals surface area (Å²) in [6.07, 6.45) is 9.17. The molecule has 8 heteroatoms. The van der Waals surface area contributed by atoms with Crippen molar-refractivity contribution in [1.29, 1.82) is 5.26 Å². The molecule has 1 unspecified atom stereocenters. The fourth-order valence-corrected chi connectivity index (χ4v) is 5.96. The fraction of sp³-hybridized carbons (Fsp3) is 0.346. The number of hydrogen-bond acceptors (Lipinski definition) is 5. The van der Waals surface area contributed by atoms with Crippen LogP contribution in [0, 0.1) is 11.3 Å². The van der Waals surface area contributed by atoms with Crippen LogP contribution in [0.5, 0.6) is 0 Å². The number of fused-ring (bicyclic) bond motifs is 2. The third-order valence-electron chi connectivity index (χ3n) is 6.43. The summed E-state index contributed by atoms with van der Waals surface area (Å²) >= 11 is 1.45. The van der Waals surface area contributed by atoms with Gasteiger partial charge in [0.2, 0.25) is 0 Å². The molecule has 174 valence electrons. The Hall–Kier alpha value is -3.41. The smallest absolute Gasteiger partial charge is 0.266 e. The van der Waals surface area contributed by atoms with Crippen LogP contribution in [0.15, 0.2) is 36.0 Å². The summed E-state index contributed by atoms with van der Waals surface area (Å²) in [5.41, 5.74) is 3.25. The summed E-state index contributed by atoms with van der Waals surface area (Å²) in [5.74, 6) is -0.705. The molecule has 0 saturated carbocycles. The van der Waals surface area contributed by atoms with Crippen molar-refractivity contribution >= 4 is 45.1 Å². The quantitative estimate of drug-likeness (QED) is 0.359. The minimum Gasteiger partial charge on any atom is -0.376 e. The van der Waals surface area contributed by atoms with Crippen LogP contribution in [0.1, 0.15) is 52.0 Å². The number of nitriles is 1. The van der Waals surface area contributed by atoms with Crippen LogP contribution in [0.3, 0.4) is 0 Å². The Morgan fingerprint density at radius 2 is 2.09 bits per heavy atom. The zero-order chi connectivity index (χ0) is 23.5. The summed E-state index contributed by atoms with van der Waals surface area (Å²) in [7, 11) is 0. The van der Waals surface area contributed by atoms with Crippen LogP contribution in [0.2, 0.25) is 0 Å². The summed E-state index contributed by atoms with van der Waals surface area (Å²) in [6.45, 7) is 1.19. The molecule has 0 bridgehead atoms. The summed E-state index contributed by atoms with van der Waals surface area (Å²) in [6, 6.07) is 9.74. The fourth-order valence-electron chi connectivity index (χ4n) is 4.68. The number of hydrogen-bond donors (Lipinski definition) is 3. The van der Waals surface area contributed by atoms with Gasteiger partial charge < -0.3 is 20.4 Å². The van der Waals surface area contributed by atoms with Gasteiger partial charge in [-0.15, -0.1) is 11.3 Å². The van der Waals surface area contributed by atoms with E-state index >= 15 is 0 Å². The molecule has 2 aromatic heterocycles. The number of carbonyl (C=O) groups excluding carboxylic acids is 2. The first-order chi connectivity index (χ1) is 16.6. The number of ether oxygens (including phenoxy) is 1. The van der Waals surface area contributed by atoms with E-state index in [2.05, 4.69) is 15.6 Å². The Morgan fingerprint density at radius 3 is 2.91 bits per heavy atom. The first-order valence-electron chi connectivity index (χ1n) is 11.7. The third-order valence-corrected chi connectivity index (χ3v) is 7.63. The van der Waals surface area contributed by atoms with E-state index in [1.54, 1.807) is 12.3 Å². The van der Waals surface area contributed by atoms with Gasteiger partial charge in [0, 0.05) is 40.7 Å². The van der Waals surface area contributed by atoms with Crippen molar-refractivity contribution in [2.45, 2.75) is 44.6 Å². The number of aryl methyl sites for hydroxylation is 1. The normalized spacial score (nSPS) is 17.9. The Morgan fingerprint density at radius 1 is 1.24 bits per heavy atom. The van der Waals surface area contributed by atoms with Crippen molar-refractivity contribution in [3.63, 3.8) is 0 Å². The maximum Gasteiger partial charge on any atom is 0.266 e. The second-order valence-corrected chi connectivity index (χ2v) is 9.78. The largest absolute Gasteiger partial charge is 0.376 e. The highest BCUT2D eigenvalue weighted by atomic mass is 32.1. The molecule has 34 heavy (non-hydrogen) atoms. The maximum absolute atomic E-state index is 13.2. The number of rotatable bonds is 6. The molecular formula is C26H26N4O3S. The Labute approximate surface area is 201 Å². The van der Waals surface area contributed by atoms with Gasteiger partial charge >= 0.3 is 0 Å².